The molecule has 3 heterocycles. The normalized spacial score (nSPS) is 35.0. The predicted molar refractivity (Wildman–Crippen MR) is 141 cm³/mol. The largest absolute Gasteiger partial charge is 0.509 e. The summed E-state index contributed by atoms with van der Waals surface area (Å²) in [6, 6.07) is 0. The van der Waals surface area contributed by atoms with E-state index in [1.165, 1.54) is 6.26 Å². The monoisotopic (exact) mass is 562 g/mol. The van der Waals surface area contributed by atoms with E-state index in [9.17, 15) is 15.0 Å². The van der Waals surface area contributed by atoms with Gasteiger partial charge in [0.05, 0.1) is 19.5 Å². The Labute approximate surface area is 222 Å². The minimum Gasteiger partial charge on any atom is -0.493 e. The Kier molecular flexibility index (Phi) is 8.98. The van der Waals surface area contributed by atoms with Gasteiger partial charge in [-0.05, 0) is 42.3 Å². The molecule has 3 aliphatic heterocycles. The minimum absolute atomic E-state index is 0.0111. The van der Waals surface area contributed by atoms with Crippen molar-refractivity contribution in [2.75, 3.05) is 13.2 Å². The lowest BCUT2D eigenvalue weighted by Gasteiger charge is -2.43. The summed E-state index contributed by atoms with van der Waals surface area (Å²) in [5.74, 6) is 0. The van der Waals surface area contributed by atoms with Crippen LogP contribution in [0.15, 0.2) is 12.3 Å². The molecule has 3 rings (SSSR count). The molecule has 2 N–H and O–H groups in total. The third kappa shape index (κ3) is 6.78. The van der Waals surface area contributed by atoms with Gasteiger partial charge in [0, 0.05) is 0 Å². The molecule has 8 atom stereocenters. The van der Waals surface area contributed by atoms with Crippen LogP contribution < -0.4 is 0 Å². The average Bonchev–Trinajstić information content (AvgIpc) is 3.15. The van der Waals surface area contributed by atoms with Crippen molar-refractivity contribution in [3.05, 3.63) is 12.3 Å². The third-order valence-electron chi connectivity index (χ3n) is 8.44. The molecule has 12 heteroatoms. The SMILES string of the molecule is CC(C)(C)[Si](C)(C)OC[C@H]1OC=C[C@@H](O[C@@H]2O[C@H](CO[Si](C)(C)C(C)(C)C)[C@@H]3OC(=O)O[C@@H]3[C@H]2O)[C@@H]1O. The van der Waals surface area contributed by atoms with Crippen molar-refractivity contribution in [1.29, 1.82) is 0 Å². The van der Waals surface area contributed by atoms with E-state index in [4.69, 9.17) is 32.5 Å². The molecule has 37 heavy (non-hydrogen) atoms. The fraction of sp³-hybridized carbons (Fsp3) is 0.880. The molecule has 0 bridgehead atoms. The summed E-state index contributed by atoms with van der Waals surface area (Å²) in [7, 11) is -4.19. The van der Waals surface area contributed by atoms with Crippen molar-refractivity contribution in [3.63, 3.8) is 0 Å². The minimum atomic E-state index is -2.13. The molecule has 214 valence electrons. The van der Waals surface area contributed by atoms with Gasteiger partial charge >= 0.3 is 6.16 Å². The van der Waals surface area contributed by atoms with Crippen molar-refractivity contribution >= 4 is 22.8 Å². The summed E-state index contributed by atoms with van der Waals surface area (Å²) < 4.78 is 40.8. The lowest BCUT2D eigenvalue weighted by atomic mass is 9.99. The second-order valence-electron chi connectivity index (χ2n) is 13.2. The van der Waals surface area contributed by atoms with Crippen molar-refractivity contribution in [2.24, 2.45) is 0 Å². The zero-order chi connectivity index (χ0) is 28.0. The fourth-order valence-electron chi connectivity index (χ4n) is 3.73. The number of hydrogen-bond donors (Lipinski definition) is 2. The first kappa shape index (κ1) is 30.5. The van der Waals surface area contributed by atoms with Gasteiger partial charge in [0.2, 0.25) is 0 Å². The second-order valence-corrected chi connectivity index (χ2v) is 22.8. The molecule has 0 aliphatic carbocycles. The number of ether oxygens (including phenoxy) is 5. The Bertz CT molecular complexity index is 834. The maximum absolute atomic E-state index is 11.9. The van der Waals surface area contributed by atoms with E-state index in [1.807, 2.05) is 0 Å². The third-order valence-corrected chi connectivity index (χ3v) is 17.4. The van der Waals surface area contributed by atoms with Crippen LogP contribution in [0, 0.1) is 0 Å². The molecular formula is C25H46O10Si2. The Morgan fingerprint density at radius 2 is 1.35 bits per heavy atom. The predicted octanol–water partition coefficient (Wildman–Crippen LogP) is 3.68. The molecule has 0 radical (unpaired) electrons. The molecule has 2 fully saturated rings. The molecule has 0 aromatic carbocycles. The van der Waals surface area contributed by atoms with Crippen LogP contribution in [0.4, 0.5) is 4.79 Å². The molecule has 0 spiro atoms. The molecule has 0 saturated carbocycles. The van der Waals surface area contributed by atoms with Gasteiger partial charge in [0.1, 0.15) is 30.5 Å². The van der Waals surface area contributed by atoms with Gasteiger partial charge in [-0.2, -0.15) is 0 Å². The van der Waals surface area contributed by atoms with Gasteiger partial charge in [-0.15, -0.1) is 0 Å². The number of aliphatic hydroxyl groups excluding tert-OH is 2. The van der Waals surface area contributed by atoms with Crippen molar-refractivity contribution < 1.29 is 47.5 Å². The van der Waals surface area contributed by atoms with Crippen LogP contribution in [0.1, 0.15) is 41.5 Å². The van der Waals surface area contributed by atoms with Gasteiger partial charge in [-0.3, -0.25) is 0 Å². The molecule has 0 aromatic rings. The number of hydrogen-bond acceptors (Lipinski definition) is 10. The Hall–Kier alpha value is -0.996. The lowest BCUT2D eigenvalue weighted by molar-refractivity contribution is -0.299. The van der Waals surface area contributed by atoms with Crippen molar-refractivity contribution in [2.45, 2.75) is 127 Å². The van der Waals surface area contributed by atoms with E-state index in [-0.39, 0.29) is 23.3 Å². The molecule has 10 nitrogen and oxygen atoms in total. The van der Waals surface area contributed by atoms with Gasteiger partial charge in [0.15, 0.2) is 35.1 Å². The van der Waals surface area contributed by atoms with Crippen molar-refractivity contribution in [1.82, 2.24) is 0 Å². The Balaban J connectivity index is 1.68. The van der Waals surface area contributed by atoms with Crippen LogP contribution >= 0.6 is 0 Å². The van der Waals surface area contributed by atoms with Crippen LogP contribution in [0.5, 0.6) is 0 Å². The highest BCUT2D eigenvalue weighted by atomic mass is 28.4. The summed E-state index contributed by atoms with van der Waals surface area (Å²) in [6.45, 7) is 21.6. The van der Waals surface area contributed by atoms with Crippen LogP contribution in [0.25, 0.3) is 0 Å². The van der Waals surface area contributed by atoms with E-state index in [0.717, 1.165) is 0 Å². The molecule has 0 aromatic heterocycles. The highest BCUT2D eigenvalue weighted by Crippen LogP contribution is 2.39. The summed E-state index contributed by atoms with van der Waals surface area (Å²) in [6.07, 6.45) is -5.40. The molecule has 0 unspecified atom stereocenters. The summed E-state index contributed by atoms with van der Waals surface area (Å²) in [4.78, 5) is 11.9. The number of fused-ring (bicyclic) bond motifs is 1. The van der Waals surface area contributed by atoms with Crippen molar-refractivity contribution in [3.8, 4) is 0 Å². The van der Waals surface area contributed by atoms with Crippen LogP contribution in [0.3, 0.4) is 0 Å². The highest BCUT2D eigenvalue weighted by Gasteiger charge is 2.55. The topological polar surface area (TPSA) is 122 Å². The maximum Gasteiger partial charge on any atom is 0.509 e. The smallest absolute Gasteiger partial charge is 0.493 e. The van der Waals surface area contributed by atoms with Crippen LogP contribution in [-0.4, -0.2) is 95.2 Å². The van der Waals surface area contributed by atoms with E-state index >= 15 is 0 Å². The van der Waals surface area contributed by atoms with Gasteiger partial charge in [0.25, 0.3) is 0 Å². The van der Waals surface area contributed by atoms with E-state index in [2.05, 4.69) is 67.7 Å². The zero-order valence-corrected chi connectivity index (χ0v) is 25.8. The average molecular weight is 563 g/mol. The number of aliphatic hydroxyl groups is 2. The van der Waals surface area contributed by atoms with Gasteiger partial charge in [-0.25, -0.2) is 4.79 Å². The van der Waals surface area contributed by atoms with E-state index in [0.29, 0.717) is 0 Å². The second kappa shape index (κ2) is 10.9. The van der Waals surface area contributed by atoms with Gasteiger partial charge in [-0.1, -0.05) is 41.5 Å². The highest BCUT2D eigenvalue weighted by molar-refractivity contribution is 6.74. The van der Waals surface area contributed by atoms with Crippen LogP contribution in [-0.2, 0) is 32.5 Å². The zero-order valence-electron chi connectivity index (χ0n) is 23.8. The molecular weight excluding hydrogens is 516 g/mol. The van der Waals surface area contributed by atoms with E-state index in [1.54, 1.807) is 6.08 Å². The quantitative estimate of drug-likeness (QED) is 0.335. The summed E-state index contributed by atoms with van der Waals surface area (Å²) >= 11 is 0. The molecule has 2 saturated heterocycles. The Morgan fingerprint density at radius 1 is 0.838 bits per heavy atom. The number of carbonyl (C=O) groups excluding carboxylic acids is 1. The maximum atomic E-state index is 11.9. The molecule has 3 aliphatic rings. The summed E-state index contributed by atoms with van der Waals surface area (Å²) in [5, 5.41) is 21.9. The molecule has 0 amide bonds. The number of carbonyl (C=O) groups is 1. The lowest BCUT2D eigenvalue weighted by Crippen LogP contribution is -2.60. The first-order valence-electron chi connectivity index (χ1n) is 13.0. The standard InChI is InChI=1S/C25H46O10Si2/c1-24(2,3)36(7,8)30-13-16-18(26)15(11-12-29-16)32-22-19(27)21-20(34-23(28)35-21)17(33-22)14-31-37(9,10)25(4,5)6/h11-12,15-22,26-27H,13-14H2,1-10H3/t15-,16-,17-,18+,19-,20+,21-,22-/m1/s1. The van der Waals surface area contributed by atoms with E-state index < -0.39 is 71.8 Å². The van der Waals surface area contributed by atoms with Crippen LogP contribution in [0.2, 0.25) is 36.3 Å². The fourth-order valence-corrected chi connectivity index (χ4v) is 5.76. The summed E-state index contributed by atoms with van der Waals surface area (Å²) in [5.41, 5.74) is 0. The first-order chi connectivity index (χ1) is 16.8. The van der Waals surface area contributed by atoms with Gasteiger partial charge < -0.3 is 42.7 Å². The first-order valence-corrected chi connectivity index (χ1v) is 18.8. The number of rotatable bonds is 8. The Morgan fingerprint density at radius 3 is 1.89 bits per heavy atom.